The van der Waals surface area contributed by atoms with Crippen molar-refractivity contribution >= 4 is 5.91 Å². The maximum atomic E-state index is 12.8. The number of amides is 1. The number of aromatic nitrogens is 1. The molecule has 0 saturated carbocycles. The summed E-state index contributed by atoms with van der Waals surface area (Å²) in [5.74, 6) is 0.984. The number of carbonyl (C=O) groups excluding carboxylic acids is 1. The van der Waals surface area contributed by atoms with Crippen LogP contribution in [-0.2, 0) is 4.74 Å². The van der Waals surface area contributed by atoms with E-state index in [-0.39, 0.29) is 16.9 Å². The summed E-state index contributed by atoms with van der Waals surface area (Å²) in [4.78, 5) is 18.9. The Kier molecular flexibility index (Phi) is 3.91. The molecule has 132 valence electrons. The summed E-state index contributed by atoms with van der Waals surface area (Å²) < 4.78 is 11.7. The number of likely N-dealkylation sites (tertiary alicyclic amines) is 1. The first kappa shape index (κ1) is 16.3. The van der Waals surface area contributed by atoms with E-state index in [0.717, 1.165) is 44.7 Å². The molecule has 0 N–H and O–H groups in total. The minimum atomic E-state index is -0.0369. The fourth-order valence-corrected chi connectivity index (χ4v) is 4.11. The van der Waals surface area contributed by atoms with Crippen LogP contribution in [0, 0.1) is 5.41 Å². The van der Waals surface area contributed by atoms with Gasteiger partial charge in [0.05, 0.1) is 12.2 Å². The summed E-state index contributed by atoms with van der Waals surface area (Å²) in [7, 11) is 0. The first-order valence-electron chi connectivity index (χ1n) is 8.91. The fourth-order valence-electron chi connectivity index (χ4n) is 4.11. The average Bonchev–Trinajstić information content (AvgIpc) is 3.21. The minimum Gasteiger partial charge on any atom is -0.449 e. The van der Waals surface area contributed by atoms with Crippen molar-refractivity contribution in [2.45, 2.75) is 38.7 Å². The lowest BCUT2D eigenvalue weighted by molar-refractivity contribution is 0.0237. The molecule has 0 unspecified atom stereocenters. The molecule has 2 aliphatic rings. The third-order valence-electron chi connectivity index (χ3n) is 5.42. The first-order chi connectivity index (χ1) is 12.0. The van der Waals surface area contributed by atoms with Crippen molar-refractivity contribution in [3.63, 3.8) is 0 Å². The van der Waals surface area contributed by atoms with Crippen LogP contribution in [0.2, 0.25) is 0 Å². The molecule has 1 spiro atoms. The summed E-state index contributed by atoms with van der Waals surface area (Å²) in [6, 6.07) is 9.20. The van der Waals surface area contributed by atoms with Gasteiger partial charge in [-0.25, -0.2) is 0 Å². The molecule has 2 aromatic rings. The molecule has 4 rings (SSSR count). The number of ether oxygens (including phenoxy) is 1. The second-order valence-corrected chi connectivity index (χ2v) is 7.90. The van der Waals surface area contributed by atoms with E-state index in [1.165, 1.54) is 0 Å². The highest BCUT2D eigenvalue weighted by molar-refractivity contribution is 5.92. The van der Waals surface area contributed by atoms with Crippen LogP contribution >= 0.6 is 0 Å². The molecule has 1 amide bonds. The summed E-state index contributed by atoms with van der Waals surface area (Å²) in [6.45, 7) is 6.64. The maximum Gasteiger partial charge on any atom is 0.289 e. The van der Waals surface area contributed by atoms with Crippen molar-refractivity contribution in [1.29, 1.82) is 0 Å². The Morgan fingerprint density at radius 2 is 1.96 bits per heavy atom. The van der Waals surface area contributed by atoms with E-state index in [2.05, 4.69) is 18.8 Å². The number of hydrogen-bond acceptors (Lipinski definition) is 4. The van der Waals surface area contributed by atoms with Gasteiger partial charge < -0.3 is 14.1 Å². The number of carbonyl (C=O) groups is 1. The summed E-state index contributed by atoms with van der Waals surface area (Å²) in [5.41, 5.74) is 0.942. The molecule has 0 bridgehead atoms. The Morgan fingerprint density at radius 3 is 2.60 bits per heavy atom. The van der Waals surface area contributed by atoms with Crippen LogP contribution in [0.15, 0.2) is 40.9 Å². The Morgan fingerprint density at radius 1 is 1.16 bits per heavy atom. The number of nitrogens with zero attached hydrogens (tertiary/aromatic N) is 2. The monoisotopic (exact) mass is 340 g/mol. The second-order valence-electron chi connectivity index (χ2n) is 7.90. The van der Waals surface area contributed by atoms with Crippen molar-refractivity contribution < 1.29 is 13.9 Å². The summed E-state index contributed by atoms with van der Waals surface area (Å²) in [5, 5.41) is 0. The lowest BCUT2D eigenvalue weighted by Crippen LogP contribution is -2.43. The molecule has 0 atom stereocenters. The van der Waals surface area contributed by atoms with Crippen molar-refractivity contribution in [3.05, 3.63) is 42.3 Å². The van der Waals surface area contributed by atoms with Crippen LogP contribution in [0.3, 0.4) is 0 Å². The van der Waals surface area contributed by atoms with Gasteiger partial charge in [-0.15, -0.1) is 0 Å². The average molecular weight is 340 g/mol. The van der Waals surface area contributed by atoms with E-state index in [1.807, 2.05) is 29.2 Å². The van der Waals surface area contributed by atoms with E-state index in [1.54, 1.807) is 12.3 Å². The Labute approximate surface area is 148 Å². The van der Waals surface area contributed by atoms with Gasteiger partial charge in [0, 0.05) is 19.3 Å². The largest absolute Gasteiger partial charge is 0.449 e. The molecule has 5 nitrogen and oxygen atoms in total. The number of rotatable bonds is 2. The SMILES string of the molecule is CC1(C)CC2(CCN(C(=O)c3ccc(-c4ccccn4)o3)CC2)CO1. The Hall–Kier alpha value is -2.14. The van der Waals surface area contributed by atoms with E-state index < -0.39 is 0 Å². The number of piperidine rings is 1. The fraction of sp³-hybridized carbons (Fsp3) is 0.500. The van der Waals surface area contributed by atoms with Crippen molar-refractivity contribution in [2.24, 2.45) is 5.41 Å². The highest BCUT2D eigenvalue weighted by Crippen LogP contribution is 2.46. The van der Waals surface area contributed by atoms with Crippen LogP contribution in [0.5, 0.6) is 0 Å². The van der Waals surface area contributed by atoms with Crippen LogP contribution in [-0.4, -0.2) is 41.1 Å². The van der Waals surface area contributed by atoms with Crippen molar-refractivity contribution in [1.82, 2.24) is 9.88 Å². The van der Waals surface area contributed by atoms with Crippen LogP contribution < -0.4 is 0 Å². The van der Waals surface area contributed by atoms with Gasteiger partial charge in [0.15, 0.2) is 11.5 Å². The van der Waals surface area contributed by atoms with E-state index in [9.17, 15) is 4.79 Å². The Bertz CT molecular complexity index is 758. The van der Waals surface area contributed by atoms with Gasteiger partial charge in [-0.05, 0) is 62.8 Å². The molecule has 2 aromatic heterocycles. The molecule has 2 fully saturated rings. The van der Waals surface area contributed by atoms with Gasteiger partial charge in [0.2, 0.25) is 0 Å². The topological polar surface area (TPSA) is 55.6 Å². The van der Waals surface area contributed by atoms with E-state index in [0.29, 0.717) is 11.5 Å². The third-order valence-corrected chi connectivity index (χ3v) is 5.42. The smallest absolute Gasteiger partial charge is 0.289 e. The molecule has 4 heterocycles. The molecule has 2 saturated heterocycles. The van der Waals surface area contributed by atoms with Gasteiger partial charge in [0.25, 0.3) is 5.91 Å². The molecule has 5 heteroatoms. The zero-order chi connectivity index (χ0) is 17.5. The first-order valence-corrected chi connectivity index (χ1v) is 8.91. The number of hydrogen-bond donors (Lipinski definition) is 0. The van der Waals surface area contributed by atoms with E-state index in [4.69, 9.17) is 9.15 Å². The molecular formula is C20H24N2O3. The molecule has 2 aliphatic heterocycles. The van der Waals surface area contributed by atoms with Gasteiger partial charge >= 0.3 is 0 Å². The van der Waals surface area contributed by atoms with Crippen LogP contribution in [0.25, 0.3) is 11.5 Å². The van der Waals surface area contributed by atoms with Crippen molar-refractivity contribution in [3.8, 4) is 11.5 Å². The highest BCUT2D eigenvalue weighted by Gasteiger charge is 2.46. The quantitative estimate of drug-likeness (QED) is 0.835. The third kappa shape index (κ3) is 3.21. The number of pyridine rings is 1. The van der Waals surface area contributed by atoms with Gasteiger partial charge in [-0.1, -0.05) is 6.07 Å². The van der Waals surface area contributed by atoms with Gasteiger partial charge in [-0.2, -0.15) is 0 Å². The molecular weight excluding hydrogens is 316 g/mol. The summed E-state index contributed by atoms with van der Waals surface area (Å²) in [6.07, 6.45) is 4.78. The number of furan rings is 1. The minimum absolute atomic E-state index is 0.0322. The zero-order valence-corrected chi connectivity index (χ0v) is 14.8. The standard InChI is InChI=1S/C20H24N2O3/c1-19(2)13-20(14-24-19)8-11-22(12-9-20)18(23)17-7-6-16(25-17)15-5-3-4-10-21-15/h3-7,10H,8-9,11-14H2,1-2H3. The zero-order valence-electron chi connectivity index (χ0n) is 14.8. The van der Waals surface area contributed by atoms with E-state index >= 15 is 0 Å². The predicted octanol–water partition coefficient (Wildman–Crippen LogP) is 3.76. The molecule has 0 aromatic carbocycles. The highest BCUT2D eigenvalue weighted by atomic mass is 16.5. The van der Waals surface area contributed by atoms with Gasteiger partial charge in [-0.3, -0.25) is 9.78 Å². The molecule has 0 aliphatic carbocycles. The lowest BCUT2D eigenvalue weighted by atomic mass is 9.74. The van der Waals surface area contributed by atoms with Gasteiger partial charge in [0.1, 0.15) is 5.69 Å². The summed E-state index contributed by atoms with van der Waals surface area (Å²) >= 11 is 0. The molecule has 0 radical (unpaired) electrons. The maximum absolute atomic E-state index is 12.8. The lowest BCUT2D eigenvalue weighted by Gasteiger charge is -2.38. The Balaban J connectivity index is 1.42. The normalized spacial score (nSPS) is 21.6. The predicted molar refractivity (Wildman–Crippen MR) is 94.2 cm³/mol. The second kappa shape index (κ2) is 5.99. The molecule has 25 heavy (non-hydrogen) atoms. The van der Waals surface area contributed by atoms with Crippen molar-refractivity contribution in [2.75, 3.05) is 19.7 Å². The van der Waals surface area contributed by atoms with Crippen LogP contribution in [0.4, 0.5) is 0 Å². The van der Waals surface area contributed by atoms with Crippen LogP contribution in [0.1, 0.15) is 43.7 Å².